The molecule has 1 aliphatic carbocycles. The summed E-state index contributed by atoms with van der Waals surface area (Å²) in [6, 6.07) is 0. The lowest BCUT2D eigenvalue weighted by Crippen LogP contribution is -2.35. The summed E-state index contributed by atoms with van der Waals surface area (Å²) in [6.45, 7) is 4.69. The zero-order chi connectivity index (χ0) is 18.8. The van der Waals surface area contributed by atoms with Crippen molar-refractivity contribution >= 4 is 29.5 Å². The molecule has 1 rings (SSSR count). The van der Waals surface area contributed by atoms with Gasteiger partial charge in [-0.1, -0.05) is 18.2 Å². The highest BCUT2D eigenvalue weighted by Gasteiger charge is 2.37. The Morgan fingerprint density at radius 1 is 1.32 bits per heavy atom. The molecule has 0 saturated carbocycles. The number of hydrogen-bond donors (Lipinski definition) is 1. The van der Waals surface area contributed by atoms with E-state index in [2.05, 4.69) is 6.58 Å². The van der Waals surface area contributed by atoms with Crippen LogP contribution < -0.4 is 0 Å². The molecular formula is C17H23ClO7. The molecule has 8 heteroatoms. The van der Waals surface area contributed by atoms with Crippen LogP contribution in [-0.4, -0.2) is 54.8 Å². The van der Waals surface area contributed by atoms with Crippen molar-refractivity contribution in [2.24, 2.45) is 11.8 Å². The molecule has 25 heavy (non-hydrogen) atoms. The number of aliphatic hydroxyl groups excluding tert-OH is 1. The maximum atomic E-state index is 12.2. The number of carbonyl (C=O) groups excluding carboxylic acids is 3. The largest absolute Gasteiger partial charge is 0.462 e. The smallest absolute Gasteiger partial charge is 0.330 e. The minimum Gasteiger partial charge on any atom is -0.462 e. The Bertz CT molecular complexity index is 529. The Morgan fingerprint density at radius 3 is 2.64 bits per heavy atom. The van der Waals surface area contributed by atoms with Gasteiger partial charge in [-0.3, -0.25) is 9.59 Å². The topological polar surface area (TPSA) is 99.1 Å². The second-order valence-electron chi connectivity index (χ2n) is 5.66. The van der Waals surface area contributed by atoms with Crippen LogP contribution in [-0.2, 0) is 28.6 Å². The molecule has 0 bridgehead atoms. The van der Waals surface area contributed by atoms with E-state index in [4.69, 9.17) is 25.8 Å². The number of hydrogen-bond acceptors (Lipinski definition) is 7. The van der Waals surface area contributed by atoms with Gasteiger partial charge >= 0.3 is 17.9 Å². The molecule has 0 heterocycles. The van der Waals surface area contributed by atoms with E-state index < -0.39 is 35.8 Å². The van der Waals surface area contributed by atoms with E-state index in [0.29, 0.717) is 12.8 Å². The molecule has 0 aromatic heterocycles. The second-order valence-corrected chi connectivity index (χ2v) is 5.97. The third kappa shape index (κ3) is 7.27. The first-order valence-corrected chi connectivity index (χ1v) is 8.46. The lowest BCUT2D eigenvalue weighted by atomic mass is 9.81. The zero-order valence-corrected chi connectivity index (χ0v) is 14.9. The molecule has 3 unspecified atom stereocenters. The Labute approximate surface area is 151 Å². The van der Waals surface area contributed by atoms with Crippen molar-refractivity contribution in [3.05, 3.63) is 24.3 Å². The Kier molecular flexibility index (Phi) is 9.23. The average molecular weight is 375 g/mol. The summed E-state index contributed by atoms with van der Waals surface area (Å²) in [5.74, 6) is -3.28. The van der Waals surface area contributed by atoms with E-state index in [1.165, 1.54) is 0 Å². The molecule has 0 saturated heterocycles. The molecule has 0 aromatic rings. The third-order valence-electron chi connectivity index (χ3n) is 3.66. The number of allylic oxidation sites excluding steroid dienone is 1. The van der Waals surface area contributed by atoms with Gasteiger partial charge in [0.1, 0.15) is 25.9 Å². The number of ether oxygens (including phenoxy) is 3. The molecule has 0 fully saturated rings. The first kappa shape index (κ1) is 21.2. The van der Waals surface area contributed by atoms with Crippen LogP contribution in [0.15, 0.2) is 24.3 Å². The number of halogens is 1. The Balaban J connectivity index is 2.59. The van der Waals surface area contributed by atoms with E-state index in [0.717, 1.165) is 11.6 Å². The summed E-state index contributed by atoms with van der Waals surface area (Å²) < 4.78 is 14.8. The SMILES string of the molecule is C=CC(=O)OCCOC(=O)C1CCC(C)=CC1C(=O)OCC(O)CCl. The molecule has 0 spiro atoms. The first-order valence-electron chi connectivity index (χ1n) is 7.92. The highest BCUT2D eigenvalue weighted by Crippen LogP contribution is 2.30. The summed E-state index contributed by atoms with van der Waals surface area (Å²) in [4.78, 5) is 35.4. The first-order chi connectivity index (χ1) is 11.9. The monoisotopic (exact) mass is 374 g/mol. The summed E-state index contributed by atoms with van der Waals surface area (Å²) in [5.41, 5.74) is 0.976. The van der Waals surface area contributed by atoms with Crippen LogP contribution >= 0.6 is 11.6 Å². The molecule has 0 radical (unpaired) electrons. The maximum absolute atomic E-state index is 12.2. The highest BCUT2D eigenvalue weighted by molar-refractivity contribution is 6.18. The molecule has 1 N–H and O–H groups in total. The second kappa shape index (κ2) is 10.9. The van der Waals surface area contributed by atoms with Gasteiger partial charge in [0, 0.05) is 6.08 Å². The van der Waals surface area contributed by atoms with E-state index >= 15 is 0 Å². The van der Waals surface area contributed by atoms with E-state index in [1.54, 1.807) is 6.08 Å². The van der Waals surface area contributed by atoms with Crippen LogP contribution in [0.2, 0.25) is 0 Å². The molecule has 7 nitrogen and oxygen atoms in total. The van der Waals surface area contributed by atoms with Gasteiger partial charge in [-0.05, 0) is 19.8 Å². The molecule has 0 amide bonds. The summed E-state index contributed by atoms with van der Waals surface area (Å²) in [5, 5.41) is 9.38. The normalized spacial score (nSPS) is 20.8. The molecule has 0 aromatic carbocycles. The van der Waals surface area contributed by atoms with Crippen LogP contribution in [0, 0.1) is 11.8 Å². The summed E-state index contributed by atoms with van der Waals surface area (Å²) >= 11 is 5.46. The number of esters is 3. The van der Waals surface area contributed by atoms with Gasteiger partial charge in [0.2, 0.25) is 0 Å². The summed E-state index contributed by atoms with van der Waals surface area (Å²) in [6.07, 6.45) is 2.86. The minimum absolute atomic E-state index is 0.0539. The highest BCUT2D eigenvalue weighted by atomic mass is 35.5. The number of carbonyl (C=O) groups is 3. The van der Waals surface area contributed by atoms with Gasteiger partial charge in [0.25, 0.3) is 0 Å². The maximum Gasteiger partial charge on any atom is 0.330 e. The quantitative estimate of drug-likeness (QED) is 0.162. The van der Waals surface area contributed by atoms with Gasteiger partial charge in [-0.2, -0.15) is 0 Å². The van der Waals surface area contributed by atoms with Gasteiger partial charge in [-0.25, -0.2) is 4.79 Å². The molecular weight excluding hydrogens is 352 g/mol. The van der Waals surface area contributed by atoms with Crippen molar-refractivity contribution in [3.8, 4) is 0 Å². The van der Waals surface area contributed by atoms with Crippen molar-refractivity contribution in [3.63, 3.8) is 0 Å². The minimum atomic E-state index is -0.954. The van der Waals surface area contributed by atoms with E-state index in [-0.39, 0.29) is 25.7 Å². The fourth-order valence-corrected chi connectivity index (χ4v) is 2.42. The Morgan fingerprint density at radius 2 is 2.00 bits per heavy atom. The number of aliphatic hydroxyl groups is 1. The van der Waals surface area contributed by atoms with Gasteiger partial charge in [0.15, 0.2) is 0 Å². The van der Waals surface area contributed by atoms with Gasteiger partial charge < -0.3 is 19.3 Å². The molecule has 140 valence electrons. The van der Waals surface area contributed by atoms with Crippen molar-refractivity contribution in [1.29, 1.82) is 0 Å². The van der Waals surface area contributed by atoms with Gasteiger partial charge in [-0.15, -0.1) is 11.6 Å². The summed E-state index contributed by atoms with van der Waals surface area (Å²) in [7, 11) is 0. The average Bonchev–Trinajstić information content (AvgIpc) is 2.62. The zero-order valence-electron chi connectivity index (χ0n) is 14.1. The standard InChI is InChI=1S/C17H23ClO7/c1-3-15(20)23-6-7-24-16(21)13-5-4-11(2)8-14(13)17(22)25-10-12(19)9-18/h3,8,12-14,19H,1,4-7,9-10H2,2H3. The predicted molar refractivity (Wildman–Crippen MR) is 89.8 cm³/mol. The molecule has 0 aliphatic heterocycles. The van der Waals surface area contributed by atoms with Crippen molar-refractivity contribution in [2.75, 3.05) is 25.7 Å². The van der Waals surface area contributed by atoms with Crippen LogP contribution in [0.1, 0.15) is 19.8 Å². The van der Waals surface area contributed by atoms with Crippen molar-refractivity contribution < 1.29 is 33.7 Å². The van der Waals surface area contributed by atoms with Gasteiger partial charge in [0.05, 0.1) is 17.7 Å². The van der Waals surface area contributed by atoms with Crippen molar-refractivity contribution in [2.45, 2.75) is 25.9 Å². The van der Waals surface area contributed by atoms with E-state index in [9.17, 15) is 19.5 Å². The van der Waals surface area contributed by atoms with Crippen LogP contribution in [0.25, 0.3) is 0 Å². The van der Waals surface area contributed by atoms with Crippen LogP contribution in [0.3, 0.4) is 0 Å². The lowest BCUT2D eigenvalue weighted by Gasteiger charge is -2.26. The number of rotatable bonds is 9. The van der Waals surface area contributed by atoms with Crippen LogP contribution in [0.5, 0.6) is 0 Å². The lowest BCUT2D eigenvalue weighted by molar-refractivity contribution is -0.162. The fourth-order valence-electron chi connectivity index (χ4n) is 2.34. The predicted octanol–water partition coefficient (Wildman–Crippen LogP) is 1.37. The van der Waals surface area contributed by atoms with E-state index in [1.807, 2.05) is 6.92 Å². The third-order valence-corrected chi connectivity index (χ3v) is 4.01. The molecule has 3 atom stereocenters. The van der Waals surface area contributed by atoms with Crippen molar-refractivity contribution in [1.82, 2.24) is 0 Å². The number of alkyl halides is 1. The van der Waals surface area contributed by atoms with Crippen LogP contribution in [0.4, 0.5) is 0 Å². The molecule has 1 aliphatic rings. The fraction of sp³-hybridized carbons (Fsp3) is 0.588. The Hall–Kier alpha value is -1.86.